The Hall–Kier alpha value is -1.37. The van der Waals surface area contributed by atoms with E-state index in [9.17, 15) is 4.79 Å². The second-order valence-electron chi connectivity index (χ2n) is 12.0. The van der Waals surface area contributed by atoms with E-state index in [0.717, 1.165) is 42.9 Å². The number of esters is 1. The fourth-order valence-corrected chi connectivity index (χ4v) is 17.5. The summed E-state index contributed by atoms with van der Waals surface area (Å²) in [5, 5.41) is 0. The zero-order valence-electron chi connectivity index (χ0n) is 25.4. The summed E-state index contributed by atoms with van der Waals surface area (Å²) in [5.74, 6) is 0.564. The molecule has 0 radical (unpaired) electrons. The van der Waals surface area contributed by atoms with E-state index in [0.29, 0.717) is 6.61 Å². The Morgan fingerprint density at radius 1 is 0.568 bits per heavy atom. The summed E-state index contributed by atoms with van der Waals surface area (Å²) in [6, 6.07) is 9.26. The van der Waals surface area contributed by atoms with Gasteiger partial charge in [-0.3, -0.25) is 4.79 Å². The lowest BCUT2D eigenvalue weighted by atomic mass is 10.4. The van der Waals surface area contributed by atoms with Crippen molar-refractivity contribution in [2.45, 2.75) is 110 Å². The monoisotopic (exact) mass is 564 g/mol. The summed E-state index contributed by atoms with van der Waals surface area (Å²) in [6.45, 7) is 39.3. The zero-order chi connectivity index (χ0) is 29.2. The third-order valence-corrected chi connectivity index (χ3v) is 17.3. The minimum absolute atomic E-state index is 0.197. The molecular weight excluding hydrogens is 508 g/mol. The molecule has 37 heavy (non-hydrogen) atoms. The lowest BCUT2D eigenvalue weighted by Crippen LogP contribution is -2.35. The van der Waals surface area contributed by atoms with Gasteiger partial charge in [-0.25, -0.2) is 0 Å². The van der Waals surface area contributed by atoms with Crippen LogP contribution in [0.25, 0.3) is 0 Å². The van der Waals surface area contributed by atoms with Gasteiger partial charge in [-0.1, -0.05) is 45.5 Å². The van der Waals surface area contributed by atoms with Crippen molar-refractivity contribution in [2.75, 3.05) is 12.5 Å². The maximum absolute atomic E-state index is 10.8. The molecule has 212 valence electrons. The van der Waals surface area contributed by atoms with Crippen LogP contribution >= 0.6 is 11.6 Å². The number of rotatable bonds is 19. The van der Waals surface area contributed by atoms with E-state index in [4.69, 9.17) is 16.3 Å². The third kappa shape index (κ3) is 21.3. The molecule has 0 aliphatic rings. The maximum atomic E-state index is 10.8. The molecule has 0 aromatic heterocycles. The summed E-state index contributed by atoms with van der Waals surface area (Å²) in [6.07, 6.45) is 2.04. The van der Waals surface area contributed by atoms with E-state index in [1.165, 1.54) is 64.5 Å². The molecule has 0 N–H and O–H groups in total. The first-order valence-corrected chi connectivity index (χ1v) is 19.7. The topological polar surface area (TPSA) is 26.3 Å². The van der Waals surface area contributed by atoms with Crippen LogP contribution in [0.5, 0.6) is 0 Å². The summed E-state index contributed by atoms with van der Waals surface area (Å²) in [7, 11) is -2.94. The molecule has 0 unspecified atom stereocenters. The number of carbonyl (C=O) groups is 1. The average Bonchev–Trinajstić information content (AvgIpc) is 2.66. The van der Waals surface area contributed by atoms with Gasteiger partial charge in [0.1, 0.15) is 0 Å². The van der Waals surface area contributed by atoms with Gasteiger partial charge in [-0.2, -0.15) is 0 Å². The lowest BCUT2D eigenvalue weighted by molar-refractivity contribution is -0.140. The van der Waals surface area contributed by atoms with Crippen molar-refractivity contribution in [2.24, 2.45) is 0 Å². The molecule has 0 aromatic rings. The molecule has 0 bridgehead atoms. The van der Waals surface area contributed by atoms with Gasteiger partial charge in [0.25, 0.3) is 0 Å². The van der Waals surface area contributed by atoms with E-state index in [1.807, 2.05) is 0 Å². The molecule has 0 saturated carbocycles. The predicted octanol–water partition coefficient (Wildman–Crippen LogP) is 10.9. The molecule has 0 rings (SSSR count). The first-order valence-electron chi connectivity index (χ1n) is 13.5. The molecule has 0 aliphatic heterocycles. The fraction of sp³-hybridized carbons (Fsp3) is 0.594. The average molecular weight is 565 g/mol. The van der Waals surface area contributed by atoms with Crippen molar-refractivity contribution >= 4 is 33.7 Å². The summed E-state index contributed by atoms with van der Waals surface area (Å²) >= 11 is 5.87. The van der Waals surface area contributed by atoms with Crippen molar-refractivity contribution in [3.63, 3.8) is 0 Å². The summed E-state index contributed by atoms with van der Waals surface area (Å²) < 4.78 is 5.07. The van der Waals surface area contributed by atoms with Crippen molar-refractivity contribution < 1.29 is 9.53 Å². The smallest absolute Gasteiger partial charge is 0.302 e. The number of halogens is 1. The van der Waals surface area contributed by atoms with Gasteiger partial charge in [0.2, 0.25) is 0 Å². The number of ether oxygens (including phenoxy) is 1. The Labute approximate surface area is 237 Å². The van der Waals surface area contributed by atoms with Gasteiger partial charge in [-0.15, -0.1) is 51.1 Å². The van der Waals surface area contributed by atoms with Crippen molar-refractivity contribution in [3.05, 3.63) is 72.9 Å². The highest BCUT2D eigenvalue weighted by atomic mass is 35.5. The fourth-order valence-electron chi connectivity index (χ4n) is 5.85. The molecule has 0 heterocycles. The molecule has 5 heteroatoms. The SMILES string of the molecule is C=C(C)C[Si](CCCCl)(CC(=C)C)CC(=C)C.C=C(C)C[Si](CCCOC(C)=O)(CC(=C)C)CC(=C)C. The van der Waals surface area contributed by atoms with Crippen LogP contribution < -0.4 is 0 Å². The summed E-state index contributed by atoms with van der Waals surface area (Å²) in [4.78, 5) is 10.8. The quantitative estimate of drug-likeness (QED) is 0.0512. The van der Waals surface area contributed by atoms with Gasteiger partial charge in [-0.05, 0) is 90.6 Å². The van der Waals surface area contributed by atoms with Crippen LogP contribution in [0.2, 0.25) is 48.4 Å². The largest absolute Gasteiger partial charge is 0.466 e. The maximum Gasteiger partial charge on any atom is 0.302 e. The van der Waals surface area contributed by atoms with Gasteiger partial charge >= 0.3 is 5.97 Å². The molecule has 0 spiro atoms. The van der Waals surface area contributed by atoms with Crippen LogP contribution in [0, 0.1) is 0 Å². The minimum atomic E-state index is -1.55. The molecule has 2 nitrogen and oxygen atoms in total. The number of allylic oxidation sites excluding steroid dienone is 6. The Morgan fingerprint density at radius 3 is 1.05 bits per heavy atom. The zero-order valence-corrected chi connectivity index (χ0v) is 28.2. The second-order valence-corrected chi connectivity index (χ2v) is 21.5. The predicted molar refractivity (Wildman–Crippen MR) is 175 cm³/mol. The van der Waals surface area contributed by atoms with Crippen molar-refractivity contribution in [1.29, 1.82) is 0 Å². The molecule has 0 atom stereocenters. The standard InChI is InChI=1S/C17H30O2Si.C15H27ClSi/c1-14(2)11-20(12-15(3)4,13-16(5)6)10-8-9-19-17(7)18;1-13(2)10-17(9-7-8-16,11-14(3)4)12-15(5)6/h1,3,5,8-13H2,2,4,6-7H3;1,3,5,7-12H2,2,4,6H3. The van der Waals surface area contributed by atoms with E-state index in [-0.39, 0.29) is 5.97 Å². The van der Waals surface area contributed by atoms with Crippen molar-refractivity contribution in [1.82, 2.24) is 0 Å². The Balaban J connectivity index is 0. The summed E-state index contributed by atoms with van der Waals surface area (Å²) in [5.41, 5.74) is 7.63. The first-order chi connectivity index (χ1) is 17.0. The number of carbonyl (C=O) groups excluding carboxylic acids is 1. The van der Waals surface area contributed by atoms with Crippen LogP contribution in [0.4, 0.5) is 0 Å². The number of hydrogen-bond acceptors (Lipinski definition) is 2. The Morgan fingerprint density at radius 2 is 0.838 bits per heavy atom. The van der Waals surface area contributed by atoms with Gasteiger partial charge in [0.15, 0.2) is 0 Å². The van der Waals surface area contributed by atoms with E-state index < -0.39 is 16.1 Å². The molecule has 0 saturated heterocycles. The van der Waals surface area contributed by atoms with E-state index >= 15 is 0 Å². The Kier molecular flexibility index (Phi) is 20.1. The normalized spacial score (nSPS) is 11.1. The first kappa shape index (κ1) is 37.8. The second kappa shape index (κ2) is 19.7. The highest BCUT2D eigenvalue weighted by molar-refractivity contribution is 6.82. The highest BCUT2D eigenvalue weighted by Crippen LogP contribution is 2.36. The highest BCUT2D eigenvalue weighted by Gasteiger charge is 2.33. The molecule has 0 fully saturated rings. The van der Waals surface area contributed by atoms with Gasteiger partial charge in [0.05, 0.1) is 22.8 Å². The van der Waals surface area contributed by atoms with Gasteiger partial charge < -0.3 is 4.74 Å². The van der Waals surface area contributed by atoms with Crippen LogP contribution in [-0.2, 0) is 9.53 Å². The van der Waals surface area contributed by atoms with Crippen LogP contribution in [-0.4, -0.2) is 34.6 Å². The third-order valence-electron chi connectivity index (χ3n) is 6.06. The van der Waals surface area contributed by atoms with Crippen LogP contribution in [0.15, 0.2) is 72.9 Å². The molecule has 0 amide bonds. The van der Waals surface area contributed by atoms with Crippen LogP contribution in [0.1, 0.15) is 61.3 Å². The molecule has 0 aromatic carbocycles. The van der Waals surface area contributed by atoms with E-state index in [1.54, 1.807) is 0 Å². The minimum Gasteiger partial charge on any atom is -0.466 e. The molecular formula is C32H57ClO2Si2. The van der Waals surface area contributed by atoms with Crippen LogP contribution in [0.3, 0.4) is 0 Å². The lowest BCUT2D eigenvalue weighted by Gasteiger charge is -2.33. The molecule has 0 aliphatic carbocycles. The van der Waals surface area contributed by atoms with Crippen molar-refractivity contribution in [3.8, 4) is 0 Å². The number of alkyl halides is 1. The Bertz CT molecular complexity index is 728. The van der Waals surface area contributed by atoms with Gasteiger partial charge in [0, 0.05) is 12.8 Å². The van der Waals surface area contributed by atoms with E-state index in [2.05, 4.69) is 81.0 Å². The number of hydrogen-bond donors (Lipinski definition) is 0.